The minimum absolute atomic E-state index is 0. The Labute approximate surface area is 411 Å². The van der Waals surface area contributed by atoms with E-state index in [1.54, 1.807) is 24.3 Å². The molecule has 356 valence electrons. The van der Waals surface area contributed by atoms with Crippen molar-refractivity contribution in [1.29, 1.82) is 0 Å². The summed E-state index contributed by atoms with van der Waals surface area (Å²) in [5.74, 6) is 0.218. The summed E-state index contributed by atoms with van der Waals surface area (Å²) in [6.07, 6.45) is 0.249. The van der Waals surface area contributed by atoms with E-state index in [0.29, 0.717) is 41.4 Å². The average molecular weight is 1000 g/mol. The second kappa shape index (κ2) is 25.7. The van der Waals surface area contributed by atoms with Crippen LogP contribution in [-0.4, -0.2) is 50.1 Å². The van der Waals surface area contributed by atoms with Crippen molar-refractivity contribution in [3.05, 3.63) is 149 Å². The Morgan fingerprint density at radius 3 is 1.72 bits per heavy atom. The molecule has 0 bridgehead atoms. The molecule has 1 amide bonds. The Bertz CT molecular complexity index is 2610. The first-order valence-corrected chi connectivity index (χ1v) is 21.8. The zero-order valence-corrected chi connectivity index (χ0v) is 40.0. The number of nitrogens with one attached hydrogen (secondary N) is 2. The molecule has 19 heteroatoms. The van der Waals surface area contributed by atoms with Gasteiger partial charge in [0.2, 0.25) is 12.4 Å². The van der Waals surface area contributed by atoms with Gasteiger partial charge in [0.05, 0.1) is 11.2 Å². The number of carbonyl (C=O) groups is 2. The molecule has 0 radical (unpaired) electrons. The zero-order chi connectivity index (χ0) is 49.5. The van der Waals surface area contributed by atoms with E-state index >= 15 is 0 Å². The summed E-state index contributed by atoms with van der Waals surface area (Å²) < 4.78 is 88.1. The third-order valence-electron chi connectivity index (χ3n) is 10.2. The predicted octanol–water partition coefficient (Wildman–Crippen LogP) is 9.61. The third-order valence-corrected chi connectivity index (χ3v) is 11.0. The van der Waals surface area contributed by atoms with Crippen LogP contribution in [0.1, 0.15) is 82.4 Å². The number of imidazole rings is 2. The first-order chi connectivity index (χ1) is 31.6. The van der Waals surface area contributed by atoms with Gasteiger partial charge in [-0.25, -0.2) is 32.3 Å². The summed E-state index contributed by atoms with van der Waals surface area (Å²) in [6.45, 7) is 16.4. The van der Waals surface area contributed by atoms with Crippen molar-refractivity contribution in [3.63, 3.8) is 0 Å². The van der Waals surface area contributed by atoms with Crippen molar-refractivity contribution in [2.45, 2.75) is 90.5 Å². The minimum atomic E-state index is -4.64. The Balaban J connectivity index is 0.000000263. The molecular weight excluding hydrogens is 954 g/mol. The molecule has 68 heavy (non-hydrogen) atoms. The number of rotatable bonds is 6. The Morgan fingerprint density at radius 1 is 0.809 bits per heavy atom. The van der Waals surface area contributed by atoms with E-state index in [1.807, 2.05) is 18.4 Å². The third kappa shape index (κ3) is 16.0. The standard InChI is InChI=1S/C21H20F2N4O.C15H16BrFN2.C7H4FNO.C4H9.C2HF3O.Li/c1-21(2)20-26-17(13-3-5-14(22)6-4-13)18(27(20)12-11-24-21)19(28)25-16-9-7-15(23)8-10-16;1-15(2)8-3-9-19-13(16)12(18-14(15)19)10-4-6-11(17)7-5-10;8-6-1-3-7(4-2-6)9-5-10;1-3-4-2;3-2(4,5)1-6;/h3-10,24H,11-12H2,1-2H3,(H,25,28);4-7H,3,8-9H2,1-2H3;1-4H;1,3-4H2,2H3;1H;/q;;;-1;;+1. The number of benzene rings is 4. The maximum Gasteiger partial charge on any atom is 1.00 e. The summed E-state index contributed by atoms with van der Waals surface area (Å²) in [6, 6.07) is 23.3. The molecular formula is C49H50BrF7LiN7O3. The fraction of sp³-hybridized carbons (Fsp3) is 0.306. The van der Waals surface area contributed by atoms with Crippen LogP contribution in [0.25, 0.3) is 22.5 Å². The second-order valence-electron chi connectivity index (χ2n) is 16.2. The monoisotopic (exact) mass is 1000 g/mol. The van der Waals surface area contributed by atoms with Crippen molar-refractivity contribution in [2.24, 2.45) is 4.99 Å². The van der Waals surface area contributed by atoms with Crippen molar-refractivity contribution in [1.82, 2.24) is 24.4 Å². The summed E-state index contributed by atoms with van der Waals surface area (Å²) in [4.78, 5) is 44.3. The van der Waals surface area contributed by atoms with Crippen LogP contribution in [0.4, 0.5) is 42.1 Å². The number of halogens is 8. The Kier molecular flexibility index (Phi) is 21.4. The number of hydrogen-bond acceptors (Lipinski definition) is 7. The maximum atomic E-state index is 13.4. The van der Waals surface area contributed by atoms with Crippen LogP contribution in [-0.2, 0) is 33.6 Å². The van der Waals surface area contributed by atoms with Gasteiger partial charge in [-0.3, -0.25) is 9.59 Å². The molecule has 2 aliphatic rings. The summed E-state index contributed by atoms with van der Waals surface area (Å²) in [5, 5.41) is 6.20. The number of aromatic nitrogens is 4. The van der Waals surface area contributed by atoms with Gasteiger partial charge in [0.25, 0.3) is 5.91 Å². The van der Waals surface area contributed by atoms with Crippen LogP contribution in [0, 0.1) is 30.2 Å². The minimum Gasteiger partial charge on any atom is -0.343 e. The number of alkyl halides is 3. The first-order valence-electron chi connectivity index (χ1n) is 21.0. The molecule has 4 aromatic carbocycles. The number of amides is 1. The fourth-order valence-corrected chi connectivity index (χ4v) is 7.44. The van der Waals surface area contributed by atoms with Gasteiger partial charge < -0.3 is 26.7 Å². The number of aldehydes is 1. The topological polar surface area (TPSA) is 123 Å². The Morgan fingerprint density at radius 2 is 1.26 bits per heavy atom. The zero-order valence-electron chi connectivity index (χ0n) is 38.5. The number of nitrogens with zero attached hydrogens (tertiary/aromatic N) is 5. The molecule has 10 nitrogen and oxygen atoms in total. The van der Waals surface area contributed by atoms with Gasteiger partial charge in [-0.1, -0.05) is 27.2 Å². The van der Waals surface area contributed by atoms with Crippen LogP contribution in [0.3, 0.4) is 0 Å². The Hall–Kier alpha value is -5.63. The van der Waals surface area contributed by atoms with Gasteiger partial charge in [-0.15, -0.1) is 0 Å². The molecule has 0 spiro atoms. The van der Waals surface area contributed by atoms with Crippen molar-refractivity contribution < 1.29 is 64.0 Å². The number of hydrogen-bond donors (Lipinski definition) is 2. The van der Waals surface area contributed by atoms with E-state index < -0.39 is 18.0 Å². The quantitative estimate of drug-likeness (QED) is 0.0428. The number of unbranched alkanes of at least 4 members (excludes halogenated alkanes) is 1. The van der Waals surface area contributed by atoms with Crippen molar-refractivity contribution in [2.75, 3.05) is 11.9 Å². The van der Waals surface area contributed by atoms with Crippen LogP contribution >= 0.6 is 15.9 Å². The molecule has 0 aliphatic carbocycles. The fourth-order valence-electron chi connectivity index (χ4n) is 6.77. The second-order valence-corrected chi connectivity index (χ2v) is 17.0. The SMILES string of the molecule is CC1(C)CCCn2c1nc(-c1ccc(F)cc1)c2Br.CC1(C)NCCn2c1nc(-c1ccc(F)cc1)c2C(=O)Nc1ccc(F)cc1.O=C=Nc1ccc(F)cc1.O=CC(F)(F)F.[CH2-]CCC.[Li+]. The molecule has 4 heterocycles. The largest absolute Gasteiger partial charge is 1.00 e. The summed E-state index contributed by atoms with van der Waals surface area (Å²) >= 11 is 3.65. The van der Waals surface area contributed by atoms with E-state index in [-0.39, 0.29) is 53.5 Å². The predicted molar refractivity (Wildman–Crippen MR) is 247 cm³/mol. The van der Waals surface area contributed by atoms with Gasteiger partial charge in [0.15, 0.2) is 0 Å². The first kappa shape index (κ1) is 56.7. The molecule has 0 saturated carbocycles. The van der Waals surface area contributed by atoms with E-state index in [9.17, 15) is 40.3 Å². The smallest absolute Gasteiger partial charge is 0.343 e. The molecule has 0 atom stereocenters. The molecule has 2 aromatic heterocycles. The van der Waals surface area contributed by atoms with Crippen LogP contribution in [0.15, 0.2) is 107 Å². The molecule has 2 aliphatic heterocycles. The molecule has 2 N–H and O–H groups in total. The molecule has 0 saturated heterocycles. The summed E-state index contributed by atoms with van der Waals surface area (Å²) in [7, 11) is 0. The normalized spacial score (nSPS) is 13.7. The number of anilines is 1. The van der Waals surface area contributed by atoms with Gasteiger partial charge in [0, 0.05) is 41.9 Å². The number of isocyanates is 1. The van der Waals surface area contributed by atoms with Gasteiger partial charge in [-0.2, -0.15) is 24.6 Å². The molecule has 6 aromatic rings. The van der Waals surface area contributed by atoms with Gasteiger partial charge in [0.1, 0.15) is 56.6 Å². The molecule has 8 rings (SSSR count). The number of fused-ring (bicyclic) bond motifs is 2. The van der Waals surface area contributed by atoms with Crippen molar-refractivity contribution in [3.8, 4) is 22.5 Å². The van der Waals surface area contributed by atoms with E-state index in [4.69, 9.17) is 14.8 Å². The van der Waals surface area contributed by atoms with Gasteiger partial charge in [-0.05, 0) is 140 Å². The summed E-state index contributed by atoms with van der Waals surface area (Å²) in [5.41, 5.74) is 3.99. The maximum absolute atomic E-state index is 13.4. The van der Waals surface area contributed by atoms with E-state index in [2.05, 4.69) is 63.8 Å². The van der Waals surface area contributed by atoms with Crippen molar-refractivity contribution >= 4 is 45.6 Å². The van der Waals surface area contributed by atoms with Gasteiger partial charge >= 0.3 is 25.0 Å². The number of carbonyl (C=O) groups excluding carboxylic acids is 3. The average Bonchev–Trinajstić information content (AvgIpc) is 3.86. The molecule has 0 fully saturated rings. The van der Waals surface area contributed by atoms with E-state index in [0.717, 1.165) is 53.3 Å². The van der Waals surface area contributed by atoms with E-state index in [1.165, 1.54) is 85.3 Å². The van der Waals surface area contributed by atoms with Crippen LogP contribution in [0.2, 0.25) is 0 Å². The molecule has 0 unspecified atom stereocenters. The van der Waals surface area contributed by atoms with Crippen LogP contribution in [0.5, 0.6) is 0 Å². The van der Waals surface area contributed by atoms with Crippen LogP contribution < -0.4 is 29.5 Å². The number of aliphatic imine (C=N–C) groups is 1.